The van der Waals surface area contributed by atoms with Crippen molar-refractivity contribution in [2.45, 2.75) is 102 Å². The number of rotatable bonds is 18. The van der Waals surface area contributed by atoms with Crippen molar-refractivity contribution in [1.82, 2.24) is 15.1 Å². The van der Waals surface area contributed by atoms with E-state index in [9.17, 15) is 24.3 Å². The molecule has 0 radical (unpaired) electrons. The summed E-state index contributed by atoms with van der Waals surface area (Å²) in [4.78, 5) is 58.0. The highest BCUT2D eigenvalue weighted by Gasteiger charge is 2.38. The Morgan fingerprint density at radius 1 is 0.902 bits per heavy atom. The average Bonchev–Trinajstić information content (AvgIpc) is 3.54. The molecule has 0 saturated carbocycles. The number of carbonyl (C=O) groups excluding carboxylic acids is 4. The number of likely N-dealkylation sites (tertiary alicyclic amines) is 1. The highest BCUT2D eigenvalue weighted by atomic mass is 16.6. The Morgan fingerprint density at radius 2 is 1.57 bits per heavy atom. The molecule has 51 heavy (non-hydrogen) atoms. The van der Waals surface area contributed by atoms with Crippen molar-refractivity contribution in [2.24, 2.45) is 0 Å². The molecule has 1 saturated heterocycles. The van der Waals surface area contributed by atoms with E-state index in [0.717, 1.165) is 16.7 Å². The van der Waals surface area contributed by atoms with Crippen LogP contribution in [0, 0.1) is 0 Å². The minimum atomic E-state index is -0.980. The van der Waals surface area contributed by atoms with Crippen molar-refractivity contribution >= 4 is 23.7 Å². The molecular formula is C41H53N3O7. The molecule has 3 amide bonds. The van der Waals surface area contributed by atoms with E-state index < -0.39 is 41.5 Å². The van der Waals surface area contributed by atoms with Crippen LogP contribution < -0.4 is 10.1 Å². The van der Waals surface area contributed by atoms with Crippen LogP contribution in [0.5, 0.6) is 5.75 Å². The molecule has 0 bridgehead atoms. The largest absolute Gasteiger partial charge is 0.489 e. The van der Waals surface area contributed by atoms with Crippen molar-refractivity contribution in [2.75, 3.05) is 20.2 Å². The average molecular weight is 700 g/mol. The quantitative estimate of drug-likeness (QED) is 0.137. The maximum Gasteiger partial charge on any atom is 0.329 e. The van der Waals surface area contributed by atoms with Crippen LogP contribution in [0.2, 0.25) is 0 Å². The zero-order chi connectivity index (χ0) is 36.8. The molecule has 1 aliphatic rings. The molecule has 274 valence electrons. The minimum absolute atomic E-state index is 0.0346. The third kappa shape index (κ3) is 12.2. The summed E-state index contributed by atoms with van der Waals surface area (Å²) in [6.45, 7) is 6.10. The summed E-state index contributed by atoms with van der Waals surface area (Å²) in [7, 11) is 1.56. The van der Waals surface area contributed by atoms with Crippen LogP contribution in [0.15, 0.2) is 84.9 Å². The van der Waals surface area contributed by atoms with Crippen LogP contribution in [-0.2, 0) is 43.4 Å². The zero-order valence-electron chi connectivity index (χ0n) is 30.4. The van der Waals surface area contributed by atoms with E-state index in [-0.39, 0.29) is 25.4 Å². The van der Waals surface area contributed by atoms with Gasteiger partial charge in [0.1, 0.15) is 36.1 Å². The predicted molar refractivity (Wildman–Crippen MR) is 196 cm³/mol. The Hall–Kier alpha value is -4.70. The number of amides is 3. The maximum absolute atomic E-state index is 14.3. The predicted octanol–water partition coefficient (Wildman–Crippen LogP) is 5.25. The summed E-state index contributed by atoms with van der Waals surface area (Å²) in [5.74, 6) is -0.865. The molecule has 1 heterocycles. The maximum atomic E-state index is 14.3. The fraction of sp³-hybridized carbons (Fsp3) is 0.463. The lowest BCUT2D eigenvalue weighted by molar-refractivity contribution is -0.165. The van der Waals surface area contributed by atoms with E-state index in [0.29, 0.717) is 57.4 Å². The number of hydrogen-bond donors (Lipinski definition) is 2. The van der Waals surface area contributed by atoms with E-state index in [1.165, 1.54) is 4.90 Å². The highest BCUT2D eigenvalue weighted by Crippen LogP contribution is 2.23. The number of carbonyl (C=O) groups is 4. The van der Waals surface area contributed by atoms with Crippen LogP contribution >= 0.6 is 0 Å². The summed E-state index contributed by atoms with van der Waals surface area (Å²) in [6.07, 6.45) is 3.29. The van der Waals surface area contributed by atoms with Gasteiger partial charge in [-0.3, -0.25) is 14.4 Å². The van der Waals surface area contributed by atoms with Gasteiger partial charge in [-0.05, 0) is 88.1 Å². The Kier molecular flexibility index (Phi) is 14.6. The first kappa shape index (κ1) is 39.1. The molecule has 10 nitrogen and oxygen atoms in total. The van der Waals surface area contributed by atoms with Gasteiger partial charge in [0.05, 0.1) is 0 Å². The monoisotopic (exact) mass is 699 g/mol. The molecule has 0 spiro atoms. The Bertz CT molecular complexity index is 1570. The smallest absolute Gasteiger partial charge is 0.329 e. The van der Waals surface area contributed by atoms with Crippen LogP contribution in [0.1, 0.15) is 76.0 Å². The first-order chi connectivity index (χ1) is 24.4. The highest BCUT2D eigenvalue weighted by molar-refractivity contribution is 5.94. The summed E-state index contributed by atoms with van der Waals surface area (Å²) < 4.78 is 11.7. The molecule has 0 aromatic heterocycles. The number of nitrogens with one attached hydrogen (secondary N) is 1. The zero-order valence-corrected chi connectivity index (χ0v) is 30.4. The summed E-state index contributed by atoms with van der Waals surface area (Å²) in [5, 5.41) is 12.4. The normalized spacial score (nSPS) is 14.8. The van der Waals surface area contributed by atoms with Gasteiger partial charge in [-0.25, -0.2) is 4.79 Å². The van der Waals surface area contributed by atoms with Crippen LogP contribution in [-0.4, -0.2) is 82.5 Å². The van der Waals surface area contributed by atoms with Gasteiger partial charge in [-0.2, -0.15) is 0 Å². The van der Waals surface area contributed by atoms with E-state index in [4.69, 9.17) is 9.47 Å². The number of aliphatic hydroxyl groups is 1. The third-order valence-electron chi connectivity index (χ3n) is 8.92. The van der Waals surface area contributed by atoms with Gasteiger partial charge in [0.15, 0.2) is 0 Å². The fourth-order valence-electron chi connectivity index (χ4n) is 6.24. The molecule has 3 aromatic carbocycles. The lowest BCUT2D eigenvalue weighted by atomic mass is 10.00. The number of nitrogens with zero attached hydrogens (tertiary/aromatic N) is 2. The summed E-state index contributed by atoms with van der Waals surface area (Å²) in [5.41, 5.74) is 2.08. The van der Waals surface area contributed by atoms with Gasteiger partial charge in [-0.1, -0.05) is 72.8 Å². The van der Waals surface area contributed by atoms with E-state index in [1.807, 2.05) is 84.9 Å². The number of ether oxygens (including phenoxy) is 2. The van der Waals surface area contributed by atoms with Crippen molar-refractivity contribution in [3.05, 3.63) is 102 Å². The second-order valence-electron chi connectivity index (χ2n) is 14.1. The fourth-order valence-corrected chi connectivity index (χ4v) is 6.24. The van der Waals surface area contributed by atoms with Crippen LogP contribution in [0.25, 0.3) is 0 Å². The Labute approximate surface area is 302 Å². The number of aryl methyl sites for hydroxylation is 1. The van der Waals surface area contributed by atoms with Crippen molar-refractivity contribution in [1.29, 1.82) is 0 Å². The lowest BCUT2D eigenvalue weighted by Gasteiger charge is -2.34. The van der Waals surface area contributed by atoms with E-state index in [1.54, 1.807) is 32.7 Å². The number of hydrogen-bond acceptors (Lipinski definition) is 7. The summed E-state index contributed by atoms with van der Waals surface area (Å²) in [6, 6.07) is 24.3. The molecule has 3 aromatic rings. The van der Waals surface area contributed by atoms with Gasteiger partial charge >= 0.3 is 5.97 Å². The molecular weight excluding hydrogens is 646 g/mol. The number of esters is 1. The van der Waals surface area contributed by atoms with Crippen molar-refractivity contribution < 1.29 is 33.8 Å². The lowest BCUT2D eigenvalue weighted by Crippen LogP contribution is -2.57. The minimum Gasteiger partial charge on any atom is -0.489 e. The topological polar surface area (TPSA) is 125 Å². The number of benzene rings is 3. The Balaban J connectivity index is 1.58. The first-order valence-corrected chi connectivity index (χ1v) is 17.9. The third-order valence-corrected chi connectivity index (χ3v) is 8.92. The standard InChI is InChI=1S/C41H53N3O7/c1-41(2,3)51-40(49)35(21-11-12-26-45)43(4)39(48)34(24-23-30-15-7-5-8-16-30)42-38(47)36(44-25-14-22-37(44)46)28-32-19-13-20-33(27-32)50-29-31-17-9-6-10-18-31/h5-10,13,15-20,27,34-36,45H,11-12,14,21-26,28-29H2,1-4H3,(H,42,47)/t34-,35-,36?/m0/s1. The molecule has 0 aliphatic carbocycles. The van der Waals surface area contributed by atoms with Gasteiger partial charge in [0.25, 0.3) is 0 Å². The van der Waals surface area contributed by atoms with Crippen molar-refractivity contribution in [3.8, 4) is 5.75 Å². The van der Waals surface area contributed by atoms with E-state index in [2.05, 4.69) is 5.32 Å². The van der Waals surface area contributed by atoms with Crippen molar-refractivity contribution in [3.63, 3.8) is 0 Å². The molecule has 1 unspecified atom stereocenters. The van der Waals surface area contributed by atoms with Crippen LogP contribution in [0.4, 0.5) is 0 Å². The molecule has 10 heteroatoms. The van der Waals surface area contributed by atoms with Crippen LogP contribution in [0.3, 0.4) is 0 Å². The molecule has 4 rings (SSSR count). The first-order valence-electron chi connectivity index (χ1n) is 17.9. The van der Waals surface area contributed by atoms with E-state index >= 15 is 0 Å². The number of aliphatic hydroxyl groups excluding tert-OH is 1. The summed E-state index contributed by atoms with van der Waals surface area (Å²) >= 11 is 0. The molecule has 2 N–H and O–H groups in total. The second-order valence-corrected chi connectivity index (χ2v) is 14.1. The van der Waals surface area contributed by atoms with Gasteiger partial charge in [0, 0.05) is 33.0 Å². The van der Waals surface area contributed by atoms with Gasteiger partial charge in [0.2, 0.25) is 17.7 Å². The molecule has 3 atom stereocenters. The number of unbranched alkanes of at least 4 members (excludes halogenated alkanes) is 1. The van der Waals surface area contributed by atoms with Gasteiger partial charge in [-0.15, -0.1) is 0 Å². The molecule has 1 fully saturated rings. The SMILES string of the molecule is CN(C(=O)[C@H](CCc1ccccc1)NC(=O)C(Cc1cccc(OCc2ccccc2)c1)N1CCCC1=O)[C@@H](CCCCO)C(=O)OC(C)(C)C. The molecule has 1 aliphatic heterocycles. The van der Waals surface area contributed by atoms with Gasteiger partial charge < -0.3 is 29.7 Å². The number of likely N-dealkylation sites (N-methyl/N-ethyl adjacent to an activating group) is 1. The second kappa shape index (κ2) is 19.1. The Morgan fingerprint density at radius 3 is 2.20 bits per heavy atom.